The first kappa shape index (κ1) is 14.4. The summed E-state index contributed by atoms with van der Waals surface area (Å²) in [6, 6.07) is 5.07. The molecule has 0 atom stereocenters. The Labute approximate surface area is 116 Å². The number of hydrogen-bond acceptors (Lipinski definition) is 5. The zero-order chi connectivity index (χ0) is 14.8. The molecule has 0 aromatic heterocycles. The normalized spacial score (nSPS) is 16.8. The summed E-state index contributed by atoms with van der Waals surface area (Å²) in [5.74, 6) is -0.499. The van der Waals surface area contributed by atoms with Crippen LogP contribution < -0.4 is 0 Å². The van der Waals surface area contributed by atoms with E-state index >= 15 is 0 Å². The smallest absolute Gasteiger partial charge is 0.274 e. The van der Waals surface area contributed by atoms with Crippen LogP contribution in [0.25, 0.3) is 0 Å². The minimum absolute atomic E-state index is 0.0766. The monoisotopic (exact) mass is 298 g/mol. The average Bonchev–Trinajstić information content (AvgIpc) is 2.63. The van der Waals surface area contributed by atoms with E-state index in [1.807, 2.05) is 0 Å². The summed E-state index contributed by atoms with van der Waals surface area (Å²) in [5, 5.41) is 10.9. The Morgan fingerprint density at radius 3 is 2.55 bits per heavy atom. The molecule has 1 amide bonds. The molecule has 0 spiro atoms. The van der Waals surface area contributed by atoms with E-state index < -0.39 is 31.4 Å². The number of nitro groups is 1. The van der Waals surface area contributed by atoms with E-state index in [1.165, 1.54) is 12.1 Å². The van der Waals surface area contributed by atoms with Gasteiger partial charge in [-0.1, -0.05) is 18.6 Å². The largest absolute Gasteiger partial charge is 0.289 e. The van der Waals surface area contributed by atoms with Crippen molar-refractivity contribution in [2.24, 2.45) is 0 Å². The maximum Gasteiger partial charge on any atom is 0.289 e. The van der Waals surface area contributed by atoms with Gasteiger partial charge in [0.15, 0.2) is 4.90 Å². The van der Waals surface area contributed by atoms with Gasteiger partial charge in [0, 0.05) is 19.0 Å². The average molecular weight is 298 g/mol. The lowest BCUT2D eigenvalue weighted by molar-refractivity contribution is -0.387. The van der Waals surface area contributed by atoms with Gasteiger partial charge in [-0.2, -0.15) is 0 Å². The minimum Gasteiger partial charge on any atom is -0.274 e. The van der Waals surface area contributed by atoms with Gasteiger partial charge >= 0.3 is 0 Å². The molecule has 0 aliphatic carbocycles. The van der Waals surface area contributed by atoms with Crippen molar-refractivity contribution < 1.29 is 18.1 Å². The van der Waals surface area contributed by atoms with Crippen molar-refractivity contribution in [3.63, 3.8) is 0 Å². The maximum absolute atomic E-state index is 12.5. The number of para-hydroxylation sites is 1. The van der Waals surface area contributed by atoms with Gasteiger partial charge in [-0.05, 0) is 18.9 Å². The Balaban J connectivity index is 2.49. The number of benzene rings is 1. The topological polar surface area (TPSA) is 97.6 Å². The molecule has 1 heterocycles. The fourth-order valence-electron chi connectivity index (χ4n) is 2.16. The Morgan fingerprint density at radius 2 is 1.85 bits per heavy atom. The van der Waals surface area contributed by atoms with Crippen LogP contribution in [0.15, 0.2) is 29.2 Å². The fraction of sp³-hybridized carbons (Fsp3) is 0.417. The predicted octanol–water partition coefficient (Wildman–Crippen LogP) is 1.69. The summed E-state index contributed by atoms with van der Waals surface area (Å²) < 4.78 is 25.7. The SMILES string of the molecule is O=C1CCCCCN1S(=O)(=O)c1ccccc1[N+](=O)[O-]. The number of sulfonamides is 1. The Morgan fingerprint density at radius 1 is 1.15 bits per heavy atom. The van der Waals surface area contributed by atoms with E-state index in [0.29, 0.717) is 12.8 Å². The Hall–Kier alpha value is -1.96. The van der Waals surface area contributed by atoms with Crippen LogP contribution in [-0.2, 0) is 14.8 Å². The molecule has 7 nitrogen and oxygen atoms in total. The molecule has 8 heteroatoms. The van der Waals surface area contributed by atoms with Crippen molar-refractivity contribution in [2.75, 3.05) is 6.54 Å². The Kier molecular flexibility index (Phi) is 4.03. The van der Waals surface area contributed by atoms with Gasteiger partial charge in [-0.3, -0.25) is 14.9 Å². The molecule has 2 rings (SSSR count). The zero-order valence-electron chi connectivity index (χ0n) is 10.7. The number of rotatable bonds is 3. The molecule has 0 saturated carbocycles. The first-order chi connectivity index (χ1) is 9.44. The third-order valence-corrected chi connectivity index (χ3v) is 5.03. The summed E-state index contributed by atoms with van der Waals surface area (Å²) in [6.45, 7) is 0.0766. The number of nitro benzene ring substituents is 1. The van der Waals surface area contributed by atoms with Crippen LogP contribution in [0.1, 0.15) is 25.7 Å². The number of hydrogen-bond donors (Lipinski definition) is 0. The quantitative estimate of drug-likeness (QED) is 0.624. The molecule has 1 aliphatic rings. The third kappa shape index (κ3) is 2.64. The van der Waals surface area contributed by atoms with Crippen molar-refractivity contribution in [1.29, 1.82) is 0 Å². The molecule has 1 saturated heterocycles. The van der Waals surface area contributed by atoms with E-state index in [1.54, 1.807) is 0 Å². The molecule has 1 aromatic rings. The molecule has 1 aliphatic heterocycles. The van der Waals surface area contributed by atoms with Crippen molar-refractivity contribution >= 4 is 21.6 Å². The summed E-state index contributed by atoms with van der Waals surface area (Å²) in [7, 11) is -4.17. The number of carbonyl (C=O) groups excluding carboxylic acids is 1. The minimum atomic E-state index is -4.17. The van der Waals surface area contributed by atoms with E-state index in [2.05, 4.69) is 0 Å². The van der Waals surface area contributed by atoms with Crippen LogP contribution in [0.5, 0.6) is 0 Å². The highest BCUT2D eigenvalue weighted by Crippen LogP contribution is 2.28. The number of nitrogens with zero attached hydrogens (tertiary/aromatic N) is 2. The lowest BCUT2D eigenvalue weighted by Crippen LogP contribution is -2.36. The molecule has 108 valence electrons. The molecule has 0 radical (unpaired) electrons. The van der Waals surface area contributed by atoms with Crippen LogP contribution in [0, 0.1) is 10.1 Å². The third-order valence-electron chi connectivity index (χ3n) is 3.16. The molecule has 1 aromatic carbocycles. The summed E-state index contributed by atoms with van der Waals surface area (Å²) >= 11 is 0. The zero-order valence-corrected chi connectivity index (χ0v) is 11.5. The number of amides is 1. The summed E-state index contributed by atoms with van der Waals surface area (Å²) in [5.41, 5.74) is -0.510. The second-order valence-corrected chi connectivity index (χ2v) is 6.34. The van der Waals surface area contributed by atoms with E-state index in [9.17, 15) is 23.3 Å². The van der Waals surface area contributed by atoms with E-state index in [4.69, 9.17) is 0 Å². The highest BCUT2D eigenvalue weighted by Gasteiger charge is 2.34. The van der Waals surface area contributed by atoms with Crippen LogP contribution in [0.3, 0.4) is 0 Å². The standard InChI is InChI=1S/C12H14N2O5S/c15-12-8-2-1-5-9-13(12)20(18,19)11-7-4-3-6-10(11)14(16)17/h3-4,6-7H,1-2,5,8-9H2. The van der Waals surface area contributed by atoms with E-state index in [-0.39, 0.29) is 13.0 Å². The maximum atomic E-state index is 12.5. The second-order valence-electron chi connectivity index (χ2n) is 4.51. The van der Waals surface area contributed by atoms with Gasteiger partial charge in [-0.25, -0.2) is 12.7 Å². The Bertz CT molecular complexity index is 641. The van der Waals surface area contributed by atoms with Crippen LogP contribution in [0.4, 0.5) is 5.69 Å². The highest BCUT2D eigenvalue weighted by molar-refractivity contribution is 7.89. The summed E-state index contributed by atoms with van der Waals surface area (Å²) in [6.07, 6.45) is 2.14. The van der Waals surface area contributed by atoms with Crippen molar-refractivity contribution in [2.45, 2.75) is 30.6 Å². The molecule has 1 fully saturated rings. The highest BCUT2D eigenvalue weighted by atomic mass is 32.2. The van der Waals surface area contributed by atoms with Crippen LogP contribution in [-0.4, -0.2) is 30.1 Å². The van der Waals surface area contributed by atoms with Crippen molar-refractivity contribution in [1.82, 2.24) is 4.31 Å². The molecule has 0 N–H and O–H groups in total. The number of carbonyl (C=O) groups is 1. The molecule has 0 bridgehead atoms. The van der Waals surface area contributed by atoms with Gasteiger partial charge in [0.2, 0.25) is 5.91 Å². The van der Waals surface area contributed by atoms with Gasteiger partial charge in [0.1, 0.15) is 0 Å². The van der Waals surface area contributed by atoms with Crippen LogP contribution in [0.2, 0.25) is 0 Å². The lowest BCUT2D eigenvalue weighted by Gasteiger charge is -2.20. The predicted molar refractivity (Wildman–Crippen MR) is 70.5 cm³/mol. The van der Waals surface area contributed by atoms with Crippen molar-refractivity contribution in [3.05, 3.63) is 34.4 Å². The molecular weight excluding hydrogens is 284 g/mol. The molecule has 20 heavy (non-hydrogen) atoms. The van der Waals surface area contributed by atoms with Gasteiger partial charge in [-0.15, -0.1) is 0 Å². The molecule has 0 unspecified atom stereocenters. The fourth-order valence-corrected chi connectivity index (χ4v) is 3.78. The molecular formula is C12H14N2O5S. The first-order valence-corrected chi connectivity index (χ1v) is 7.67. The second kappa shape index (κ2) is 5.58. The lowest BCUT2D eigenvalue weighted by atomic mass is 10.2. The van der Waals surface area contributed by atoms with Gasteiger partial charge in [0.25, 0.3) is 15.7 Å². The van der Waals surface area contributed by atoms with E-state index in [0.717, 1.165) is 22.9 Å². The van der Waals surface area contributed by atoms with Crippen molar-refractivity contribution in [3.8, 4) is 0 Å². The van der Waals surface area contributed by atoms with Gasteiger partial charge < -0.3 is 0 Å². The van der Waals surface area contributed by atoms with Crippen LogP contribution >= 0.6 is 0 Å². The first-order valence-electron chi connectivity index (χ1n) is 6.23. The summed E-state index contributed by atoms with van der Waals surface area (Å²) in [4.78, 5) is 21.6. The van der Waals surface area contributed by atoms with Gasteiger partial charge in [0.05, 0.1) is 4.92 Å².